The summed E-state index contributed by atoms with van der Waals surface area (Å²) in [5.74, 6) is -1.77. The van der Waals surface area contributed by atoms with Crippen LogP contribution < -0.4 is 5.73 Å². The van der Waals surface area contributed by atoms with Gasteiger partial charge in [-0.25, -0.2) is 4.57 Å². The lowest BCUT2D eigenvalue weighted by Gasteiger charge is -2.20. The maximum Gasteiger partial charge on any atom is 0.472 e. The Bertz CT molecular complexity index is 1290. The van der Waals surface area contributed by atoms with Crippen LogP contribution in [-0.2, 0) is 32.7 Å². The average molecular weight is 994 g/mol. The van der Waals surface area contributed by atoms with E-state index in [1.54, 1.807) is 0 Å². The van der Waals surface area contributed by atoms with Crippen LogP contribution in [0.15, 0.2) is 48.6 Å². The average Bonchev–Trinajstić information content (AvgIpc) is 3.33. The molecule has 69 heavy (non-hydrogen) atoms. The van der Waals surface area contributed by atoms with Crippen molar-refractivity contribution in [2.24, 2.45) is 5.73 Å². The predicted molar refractivity (Wildman–Crippen MR) is 291 cm³/mol. The third-order valence-corrected chi connectivity index (χ3v) is 13.5. The van der Waals surface area contributed by atoms with Crippen LogP contribution in [0, 0.1) is 0 Å². The molecule has 0 aliphatic rings. The van der Waals surface area contributed by atoms with Gasteiger partial charge in [0.25, 0.3) is 0 Å². The second kappa shape index (κ2) is 53.7. The minimum Gasteiger partial charge on any atom is -0.480 e. The first kappa shape index (κ1) is 66.9. The maximum atomic E-state index is 12.7. The van der Waals surface area contributed by atoms with Gasteiger partial charge in [-0.3, -0.25) is 18.6 Å². The number of ether oxygens (including phenoxy) is 2. The van der Waals surface area contributed by atoms with Gasteiger partial charge in [-0.15, -0.1) is 0 Å². The molecule has 0 aromatic heterocycles. The molecule has 404 valence electrons. The zero-order valence-electron chi connectivity index (χ0n) is 44.7. The third kappa shape index (κ3) is 53.6. The smallest absolute Gasteiger partial charge is 0.472 e. The number of hydrogen-bond acceptors (Lipinski definition) is 8. The Balaban J connectivity index is 4.09. The molecule has 0 amide bonds. The molecule has 0 fully saturated rings. The Morgan fingerprint density at radius 1 is 0.464 bits per heavy atom. The first-order valence-electron chi connectivity index (χ1n) is 28.7. The summed E-state index contributed by atoms with van der Waals surface area (Å²) in [6, 6.07) is -1.48. The molecule has 0 aromatic carbocycles. The van der Waals surface area contributed by atoms with E-state index in [-0.39, 0.29) is 13.0 Å². The van der Waals surface area contributed by atoms with Crippen molar-refractivity contribution in [3.05, 3.63) is 48.6 Å². The second-order valence-corrected chi connectivity index (χ2v) is 20.9. The molecule has 0 spiro atoms. The fourth-order valence-corrected chi connectivity index (χ4v) is 8.92. The lowest BCUT2D eigenvalue weighted by atomic mass is 10.0. The number of rotatable bonds is 55. The van der Waals surface area contributed by atoms with E-state index < -0.39 is 45.1 Å². The number of carbonyl (C=O) groups excluding carboxylic acids is 1. The highest BCUT2D eigenvalue weighted by atomic mass is 31.2. The number of allylic oxidation sites excluding steroid dienone is 8. The van der Waals surface area contributed by atoms with Crippen LogP contribution in [-0.4, -0.2) is 60.5 Å². The quantitative estimate of drug-likeness (QED) is 0.0232. The van der Waals surface area contributed by atoms with Gasteiger partial charge in [-0.1, -0.05) is 236 Å². The first-order valence-corrected chi connectivity index (χ1v) is 30.2. The zero-order chi connectivity index (χ0) is 50.4. The topological polar surface area (TPSA) is 155 Å². The van der Waals surface area contributed by atoms with Crippen LogP contribution >= 0.6 is 7.82 Å². The van der Waals surface area contributed by atoms with Gasteiger partial charge in [0.1, 0.15) is 12.1 Å². The molecule has 0 rings (SSSR count). The highest BCUT2D eigenvalue weighted by Crippen LogP contribution is 2.43. The van der Waals surface area contributed by atoms with Crippen LogP contribution in [0.2, 0.25) is 0 Å². The Labute approximate surface area is 424 Å². The lowest BCUT2D eigenvalue weighted by molar-refractivity contribution is -0.154. The van der Waals surface area contributed by atoms with Crippen LogP contribution in [0.4, 0.5) is 0 Å². The van der Waals surface area contributed by atoms with Gasteiger partial charge in [0, 0.05) is 13.0 Å². The summed E-state index contributed by atoms with van der Waals surface area (Å²) in [7, 11) is -4.63. The summed E-state index contributed by atoms with van der Waals surface area (Å²) >= 11 is 0. The Kier molecular flexibility index (Phi) is 52.1. The fourth-order valence-electron chi connectivity index (χ4n) is 8.14. The zero-order valence-corrected chi connectivity index (χ0v) is 45.6. The minimum atomic E-state index is -4.63. The monoisotopic (exact) mass is 994 g/mol. The molecule has 3 atom stereocenters. The number of carboxylic acids is 1. The van der Waals surface area contributed by atoms with Crippen molar-refractivity contribution in [3.8, 4) is 0 Å². The number of unbranched alkanes of at least 4 members (excludes halogenated alkanes) is 33. The van der Waals surface area contributed by atoms with E-state index >= 15 is 0 Å². The Morgan fingerprint density at radius 3 is 1.20 bits per heavy atom. The molecule has 11 heteroatoms. The molecule has 0 aromatic rings. The van der Waals surface area contributed by atoms with E-state index in [0.29, 0.717) is 13.0 Å². The van der Waals surface area contributed by atoms with Gasteiger partial charge in [-0.2, -0.15) is 0 Å². The van der Waals surface area contributed by atoms with Crippen molar-refractivity contribution in [3.63, 3.8) is 0 Å². The number of carboxylic acid groups (broad SMARTS) is 1. The molecule has 3 unspecified atom stereocenters. The van der Waals surface area contributed by atoms with E-state index in [9.17, 15) is 19.0 Å². The summed E-state index contributed by atoms with van der Waals surface area (Å²) in [6.07, 6.45) is 66.0. The Hall–Kier alpha value is -2.07. The van der Waals surface area contributed by atoms with Crippen molar-refractivity contribution in [2.75, 3.05) is 26.4 Å². The van der Waals surface area contributed by atoms with Crippen molar-refractivity contribution in [2.45, 2.75) is 283 Å². The number of phosphoric acid groups is 1. The summed E-state index contributed by atoms with van der Waals surface area (Å²) in [5.41, 5.74) is 5.39. The van der Waals surface area contributed by atoms with Crippen LogP contribution in [0.25, 0.3) is 0 Å². The van der Waals surface area contributed by atoms with Crippen molar-refractivity contribution in [1.82, 2.24) is 0 Å². The van der Waals surface area contributed by atoms with Gasteiger partial charge in [0.2, 0.25) is 0 Å². The molecule has 10 nitrogen and oxygen atoms in total. The normalized spacial score (nSPS) is 13.9. The molecule has 0 aliphatic carbocycles. The van der Waals surface area contributed by atoms with E-state index in [4.69, 9.17) is 29.4 Å². The van der Waals surface area contributed by atoms with Gasteiger partial charge < -0.3 is 25.2 Å². The summed E-state index contributed by atoms with van der Waals surface area (Å²) in [6.45, 7) is 3.90. The van der Waals surface area contributed by atoms with E-state index in [0.717, 1.165) is 57.8 Å². The van der Waals surface area contributed by atoms with Gasteiger partial charge in [0.05, 0.1) is 19.8 Å². The van der Waals surface area contributed by atoms with Crippen LogP contribution in [0.3, 0.4) is 0 Å². The molecule has 4 N–H and O–H groups in total. The van der Waals surface area contributed by atoms with Gasteiger partial charge in [0.15, 0.2) is 0 Å². The van der Waals surface area contributed by atoms with Crippen molar-refractivity contribution < 1.29 is 42.7 Å². The summed E-state index contributed by atoms with van der Waals surface area (Å²) in [5, 5.41) is 8.95. The van der Waals surface area contributed by atoms with E-state index in [2.05, 4.69) is 62.5 Å². The predicted octanol–water partition coefficient (Wildman–Crippen LogP) is 17.3. The number of phosphoric ester groups is 1. The minimum absolute atomic E-state index is 0.0136. The van der Waals surface area contributed by atoms with Crippen molar-refractivity contribution in [1.29, 1.82) is 0 Å². The molecule has 0 saturated heterocycles. The number of hydrogen-bond donors (Lipinski definition) is 3. The van der Waals surface area contributed by atoms with Crippen LogP contribution in [0.1, 0.15) is 271 Å². The third-order valence-electron chi connectivity index (χ3n) is 12.6. The lowest BCUT2D eigenvalue weighted by Crippen LogP contribution is -2.34. The molecular formula is C58H108NO9P. The molecule has 0 radical (unpaired) electrons. The molecule has 0 saturated carbocycles. The highest BCUT2D eigenvalue weighted by Gasteiger charge is 2.27. The standard InChI is InChI=1S/C58H108NO9P/c1-3-5-7-9-11-13-15-17-19-21-23-25-27-29-31-33-35-37-39-41-43-45-47-49-51-65-52-55(53-66-69(63,64)67-54-56(59)58(61)62)68-57(60)50-48-46-44-42-40-38-36-34-32-30-28-26-24-22-20-18-16-14-12-10-8-6-4-2/h15,17,21-24,27,29,55-56H,3-14,16,18-20,25-26,28,30-54,59H2,1-2H3,(H,61,62)(H,63,64)/b17-15-,23-21-,24-22-,29-27-. The van der Waals surface area contributed by atoms with Gasteiger partial charge in [-0.05, 0) is 77.0 Å². The van der Waals surface area contributed by atoms with E-state index in [1.165, 1.54) is 186 Å². The van der Waals surface area contributed by atoms with Crippen LogP contribution in [0.5, 0.6) is 0 Å². The number of esters is 1. The number of aliphatic carboxylic acids is 1. The molecule has 0 bridgehead atoms. The largest absolute Gasteiger partial charge is 0.480 e. The number of carbonyl (C=O) groups is 2. The Morgan fingerprint density at radius 2 is 0.797 bits per heavy atom. The first-order chi connectivity index (χ1) is 33.7. The molecule has 0 heterocycles. The highest BCUT2D eigenvalue weighted by molar-refractivity contribution is 7.47. The maximum absolute atomic E-state index is 12.7. The van der Waals surface area contributed by atoms with Crippen molar-refractivity contribution >= 4 is 19.8 Å². The summed E-state index contributed by atoms with van der Waals surface area (Å²) in [4.78, 5) is 33.8. The molecule has 0 aliphatic heterocycles. The number of nitrogens with two attached hydrogens (primary N) is 1. The fraction of sp³-hybridized carbons (Fsp3) is 0.828. The van der Waals surface area contributed by atoms with Gasteiger partial charge >= 0.3 is 19.8 Å². The van der Waals surface area contributed by atoms with E-state index in [1.807, 2.05) is 0 Å². The SMILES string of the molecule is CCCCCCC/C=C\C/C=C\C/C=C\CCCCCCCCCCCOCC(COP(=O)(O)OCC(N)C(=O)O)OC(=O)CCCCCCCCCCCCC/C=C\CCCCCCCCCC. The second-order valence-electron chi connectivity index (χ2n) is 19.4. The molecular weight excluding hydrogens is 886 g/mol. The summed E-state index contributed by atoms with van der Waals surface area (Å²) < 4.78 is 33.6.